The van der Waals surface area contributed by atoms with Crippen LogP contribution in [0.1, 0.15) is 51.3 Å². The molecule has 2 atom stereocenters. The van der Waals surface area contributed by atoms with Gasteiger partial charge < -0.3 is 10.5 Å². The molecule has 1 fully saturated rings. The van der Waals surface area contributed by atoms with Gasteiger partial charge in [-0.05, 0) is 64.3 Å². The summed E-state index contributed by atoms with van der Waals surface area (Å²) < 4.78 is 6.14. The molecule has 0 saturated carbocycles. The zero-order chi connectivity index (χ0) is 14.4. The highest BCUT2D eigenvalue weighted by molar-refractivity contribution is 6.30. The highest BCUT2D eigenvalue weighted by Crippen LogP contribution is 2.47. The van der Waals surface area contributed by atoms with Gasteiger partial charge in [-0.2, -0.15) is 0 Å². The summed E-state index contributed by atoms with van der Waals surface area (Å²) in [5.74, 6) is 0.292. The predicted octanol–water partition coefficient (Wildman–Crippen LogP) is 4.24. The van der Waals surface area contributed by atoms with Gasteiger partial charge in [0, 0.05) is 17.0 Å². The molecular weight excluding hydrogens is 258 g/mol. The third-order valence-corrected chi connectivity index (χ3v) is 4.24. The smallest absolute Gasteiger partial charge is 0.0680 e. The van der Waals surface area contributed by atoms with Crippen LogP contribution in [-0.2, 0) is 4.74 Å². The minimum Gasteiger partial charge on any atom is -0.369 e. The number of benzene rings is 1. The molecule has 0 bridgehead atoms. The molecule has 1 saturated heterocycles. The van der Waals surface area contributed by atoms with Crippen LogP contribution in [-0.4, -0.2) is 11.2 Å². The molecular formula is C16H24ClNO. The molecule has 0 aromatic heterocycles. The van der Waals surface area contributed by atoms with Gasteiger partial charge in [0.05, 0.1) is 11.2 Å². The molecule has 1 heterocycles. The Balaban J connectivity index is 2.31. The van der Waals surface area contributed by atoms with Gasteiger partial charge >= 0.3 is 0 Å². The van der Waals surface area contributed by atoms with Crippen LogP contribution in [0.2, 0.25) is 5.02 Å². The van der Waals surface area contributed by atoms with Crippen LogP contribution in [0.25, 0.3) is 0 Å². The minimum absolute atomic E-state index is 0.0471. The van der Waals surface area contributed by atoms with E-state index in [9.17, 15) is 0 Å². The first kappa shape index (κ1) is 14.8. The Kier molecular flexibility index (Phi) is 3.72. The maximum absolute atomic E-state index is 6.50. The molecule has 3 heteroatoms. The standard InChI is InChI=1S/C16H24ClNO/c1-10-6-11(8-12(17)7-10)14(18)13-9-15(2,3)19-16(13,4)5/h6-8,13-14H,9,18H2,1-5H3. The highest BCUT2D eigenvalue weighted by atomic mass is 35.5. The summed E-state index contributed by atoms with van der Waals surface area (Å²) in [7, 11) is 0. The Hall–Kier alpha value is -0.570. The fourth-order valence-electron chi connectivity index (χ4n) is 3.35. The van der Waals surface area contributed by atoms with Crippen molar-refractivity contribution in [2.75, 3.05) is 0 Å². The van der Waals surface area contributed by atoms with Crippen LogP contribution in [0, 0.1) is 12.8 Å². The fourth-order valence-corrected chi connectivity index (χ4v) is 3.65. The predicted molar refractivity (Wildman–Crippen MR) is 80.5 cm³/mol. The van der Waals surface area contributed by atoms with Crippen molar-refractivity contribution in [2.24, 2.45) is 11.7 Å². The Morgan fingerprint density at radius 1 is 1.26 bits per heavy atom. The molecule has 0 radical (unpaired) electrons. The summed E-state index contributed by atoms with van der Waals surface area (Å²) in [6, 6.07) is 6.01. The van der Waals surface area contributed by atoms with E-state index in [0.29, 0.717) is 5.92 Å². The second kappa shape index (κ2) is 4.76. The normalized spacial score (nSPS) is 26.4. The summed E-state index contributed by atoms with van der Waals surface area (Å²) in [5.41, 5.74) is 8.42. The third kappa shape index (κ3) is 3.13. The lowest BCUT2D eigenvalue weighted by atomic mass is 9.79. The molecule has 1 aromatic carbocycles. The van der Waals surface area contributed by atoms with Gasteiger partial charge in [0.15, 0.2) is 0 Å². The zero-order valence-corrected chi connectivity index (χ0v) is 13.2. The van der Waals surface area contributed by atoms with Crippen LogP contribution in [0.15, 0.2) is 18.2 Å². The zero-order valence-electron chi connectivity index (χ0n) is 12.5. The Bertz CT molecular complexity index is 461. The minimum atomic E-state index is -0.209. The number of hydrogen-bond donors (Lipinski definition) is 1. The topological polar surface area (TPSA) is 35.2 Å². The third-order valence-electron chi connectivity index (χ3n) is 4.03. The van der Waals surface area contributed by atoms with Crippen LogP contribution in [0.4, 0.5) is 0 Å². The van der Waals surface area contributed by atoms with E-state index in [4.69, 9.17) is 22.1 Å². The number of nitrogens with two attached hydrogens (primary N) is 1. The SMILES string of the molecule is Cc1cc(Cl)cc(C(N)C2CC(C)(C)OC2(C)C)c1. The van der Waals surface area contributed by atoms with Gasteiger partial charge in [-0.1, -0.05) is 17.7 Å². The van der Waals surface area contributed by atoms with Crippen molar-refractivity contribution in [2.45, 2.75) is 58.3 Å². The van der Waals surface area contributed by atoms with Gasteiger partial charge in [0.25, 0.3) is 0 Å². The van der Waals surface area contributed by atoms with Crippen molar-refractivity contribution in [3.05, 3.63) is 34.3 Å². The molecule has 2 rings (SSSR count). The number of halogens is 1. The molecule has 0 aliphatic carbocycles. The molecule has 1 aliphatic rings. The van der Waals surface area contributed by atoms with Crippen molar-refractivity contribution < 1.29 is 4.74 Å². The molecule has 19 heavy (non-hydrogen) atoms. The lowest BCUT2D eigenvalue weighted by molar-refractivity contribution is -0.0767. The van der Waals surface area contributed by atoms with Crippen molar-refractivity contribution in [3.63, 3.8) is 0 Å². The lowest BCUT2D eigenvalue weighted by Crippen LogP contribution is -2.35. The summed E-state index contributed by atoms with van der Waals surface area (Å²) in [4.78, 5) is 0. The Morgan fingerprint density at radius 2 is 1.89 bits per heavy atom. The van der Waals surface area contributed by atoms with Crippen molar-refractivity contribution >= 4 is 11.6 Å². The van der Waals surface area contributed by atoms with Crippen LogP contribution >= 0.6 is 11.6 Å². The summed E-state index contributed by atoms with van der Waals surface area (Å²) in [6.07, 6.45) is 0.965. The van der Waals surface area contributed by atoms with Gasteiger partial charge in [-0.3, -0.25) is 0 Å². The first-order valence-electron chi connectivity index (χ1n) is 6.84. The van der Waals surface area contributed by atoms with Gasteiger partial charge in [-0.25, -0.2) is 0 Å². The summed E-state index contributed by atoms with van der Waals surface area (Å²) in [5, 5.41) is 0.751. The maximum atomic E-state index is 6.50. The van der Waals surface area contributed by atoms with E-state index in [2.05, 4.69) is 33.8 Å². The summed E-state index contributed by atoms with van der Waals surface area (Å²) in [6.45, 7) is 10.6. The molecule has 1 aromatic rings. The fraction of sp³-hybridized carbons (Fsp3) is 0.625. The van der Waals surface area contributed by atoms with E-state index < -0.39 is 0 Å². The van der Waals surface area contributed by atoms with Crippen LogP contribution in [0.3, 0.4) is 0 Å². The highest BCUT2D eigenvalue weighted by Gasteiger charge is 2.48. The molecule has 2 unspecified atom stereocenters. The molecule has 106 valence electrons. The van der Waals surface area contributed by atoms with E-state index in [1.54, 1.807) is 0 Å². The van der Waals surface area contributed by atoms with Crippen molar-refractivity contribution in [3.8, 4) is 0 Å². The first-order chi connectivity index (χ1) is 8.61. The summed E-state index contributed by atoms with van der Waals surface area (Å²) >= 11 is 6.14. The van der Waals surface area contributed by atoms with Crippen LogP contribution in [0.5, 0.6) is 0 Å². The second-order valence-electron chi connectivity index (χ2n) is 6.86. The van der Waals surface area contributed by atoms with E-state index >= 15 is 0 Å². The quantitative estimate of drug-likeness (QED) is 0.880. The van der Waals surface area contributed by atoms with Crippen molar-refractivity contribution in [1.29, 1.82) is 0 Å². The molecule has 2 nitrogen and oxygen atoms in total. The van der Waals surface area contributed by atoms with E-state index in [1.807, 2.05) is 19.1 Å². The average molecular weight is 282 g/mol. The second-order valence-corrected chi connectivity index (χ2v) is 7.30. The number of hydrogen-bond acceptors (Lipinski definition) is 2. The van der Waals surface area contributed by atoms with Crippen LogP contribution < -0.4 is 5.73 Å². The number of aryl methyl sites for hydroxylation is 1. The molecule has 2 N–H and O–H groups in total. The average Bonchev–Trinajstić information content (AvgIpc) is 2.44. The van der Waals surface area contributed by atoms with Gasteiger partial charge in [0.2, 0.25) is 0 Å². The Labute approximate surface area is 121 Å². The van der Waals surface area contributed by atoms with E-state index in [1.165, 1.54) is 0 Å². The monoisotopic (exact) mass is 281 g/mol. The van der Waals surface area contributed by atoms with Gasteiger partial charge in [0.1, 0.15) is 0 Å². The molecule has 0 amide bonds. The maximum Gasteiger partial charge on any atom is 0.0680 e. The number of rotatable bonds is 2. The first-order valence-corrected chi connectivity index (χ1v) is 7.21. The lowest BCUT2D eigenvalue weighted by Gasteiger charge is -2.31. The van der Waals surface area contributed by atoms with E-state index in [-0.39, 0.29) is 17.2 Å². The molecule has 0 spiro atoms. The van der Waals surface area contributed by atoms with Crippen molar-refractivity contribution in [1.82, 2.24) is 0 Å². The Morgan fingerprint density at radius 3 is 2.37 bits per heavy atom. The van der Waals surface area contributed by atoms with Gasteiger partial charge in [-0.15, -0.1) is 0 Å². The largest absolute Gasteiger partial charge is 0.369 e. The van der Waals surface area contributed by atoms with E-state index in [0.717, 1.165) is 22.6 Å². The number of ether oxygens (including phenoxy) is 1. The molecule has 1 aliphatic heterocycles.